The first kappa shape index (κ1) is 51.1. The Balaban J connectivity index is 3.53. The van der Waals surface area contributed by atoms with Crippen LogP contribution in [0.4, 0.5) is 0 Å². The Morgan fingerprint density at radius 2 is 0.811 bits per heavy atom. The van der Waals surface area contributed by atoms with E-state index in [0.717, 1.165) is 44.9 Å². The number of amides is 1. The minimum absolute atomic E-state index is 0.0814. The highest BCUT2D eigenvalue weighted by Gasteiger charge is 2.17. The van der Waals surface area contributed by atoms with E-state index in [1.54, 1.807) is 6.08 Å². The van der Waals surface area contributed by atoms with Crippen LogP contribution in [-0.2, 0) is 4.79 Å². The molecule has 0 aromatic carbocycles. The zero-order chi connectivity index (χ0) is 38.6. The normalized spacial score (nSPS) is 13.5. The highest BCUT2D eigenvalue weighted by molar-refractivity contribution is 5.76. The fourth-order valence-corrected chi connectivity index (χ4v) is 6.64. The summed E-state index contributed by atoms with van der Waals surface area (Å²) in [7, 11) is 0. The number of carbonyl (C=O) groups excluding carboxylic acids is 1. The number of rotatable bonds is 41. The zero-order valence-corrected chi connectivity index (χ0v) is 35.3. The number of unbranched alkanes of at least 4 members (excludes halogenated alkanes) is 26. The van der Waals surface area contributed by atoms with E-state index in [2.05, 4.69) is 67.8 Å². The van der Waals surface area contributed by atoms with Gasteiger partial charge in [-0.3, -0.25) is 4.79 Å². The number of carbonyl (C=O) groups is 1. The summed E-state index contributed by atoms with van der Waals surface area (Å²) < 4.78 is 0. The standard InChI is InChI=1S/C49H89NO3/c1-3-5-7-9-11-13-15-17-18-19-20-21-22-23-24-25-26-27-28-29-30-31-32-33-35-37-39-41-43-45-49(53)50-47(46-51)48(52)44-42-40-38-36-34-16-14-12-10-8-6-4-2/h10,12,20-21,23-24,34,36,42,44,47-48,51-52H,3-9,11,13-19,22,25-33,35,37-41,43,45-46H2,1-2H3,(H,50,53)/b12-10+,21-20-,24-23-,36-34+,44-42+. The number of hydrogen-bond acceptors (Lipinski definition) is 3. The molecule has 0 aliphatic rings. The molecule has 0 bridgehead atoms. The van der Waals surface area contributed by atoms with Crippen molar-refractivity contribution < 1.29 is 15.0 Å². The van der Waals surface area contributed by atoms with Crippen molar-refractivity contribution in [2.75, 3.05) is 6.61 Å². The number of nitrogens with one attached hydrogen (secondary N) is 1. The second-order valence-corrected chi connectivity index (χ2v) is 15.4. The molecule has 3 N–H and O–H groups in total. The maximum atomic E-state index is 12.4. The lowest BCUT2D eigenvalue weighted by Crippen LogP contribution is -2.45. The predicted molar refractivity (Wildman–Crippen MR) is 234 cm³/mol. The molecule has 0 fully saturated rings. The zero-order valence-electron chi connectivity index (χ0n) is 35.3. The molecule has 0 rings (SSSR count). The van der Waals surface area contributed by atoms with Gasteiger partial charge in [-0.05, 0) is 70.6 Å². The monoisotopic (exact) mass is 740 g/mol. The van der Waals surface area contributed by atoms with Crippen LogP contribution in [0.5, 0.6) is 0 Å². The van der Waals surface area contributed by atoms with E-state index in [4.69, 9.17) is 0 Å². The van der Waals surface area contributed by atoms with Crippen LogP contribution < -0.4 is 5.32 Å². The molecule has 0 heterocycles. The topological polar surface area (TPSA) is 69.6 Å². The van der Waals surface area contributed by atoms with Gasteiger partial charge in [-0.15, -0.1) is 0 Å². The van der Waals surface area contributed by atoms with Gasteiger partial charge in [0, 0.05) is 6.42 Å². The molecule has 0 aliphatic heterocycles. The largest absolute Gasteiger partial charge is 0.394 e. The van der Waals surface area contributed by atoms with Gasteiger partial charge in [0.2, 0.25) is 5.91 Å². The van der Waals surface area contributed by atoms with Crippen molar-refractivity contribution in [2.45, 2.75) is 238 Å². The van der Waals surface area contributed by atoms with Crippen LogP contribution >= 0.6 is 0 Å². The third-order valence-corrected chi connectivity index (χ3v) is 10.2. The number of hydrogen-bond donors (Lipinski definition) is 3. The Labute approximate surface area is 330 Å². The molecule has 0 spiro atoms. The number of aliphatic hydroxyl groups excluding tert-OH is 2. The summed E-state index contributed by atoms with van der Waals surface area (Å²) >= 11 is 0. The summed E-state index contributed by atoms with van der Waals surface area (Å²) in [5.74, 6) is -0.0814. The molecule has 0 aromatic heterocycles. The second kappa shape index (κ2) is 44.5. The average Bonchev–Trinajstić information content (AvgIpc) is 3.16. The highest BCUT2D eigenvalue weighted by Crippen LogP contribution is 2.14. The van der Waals surface area contributed by atoms with E-state index in [1.165, 1.54) is 161 Å². The van der Waals surface area contributed by atoms with E-state index in [1.807, 2.05) is 6.08 Å². The number of aliphatic hydroxyl groups is 2. The van der Waals surface area contributed by atoms with Gasteiger partial charge >= 0.3 is 0 Å². The Kier molecular flexibility index (Phi) is 42.9. The predicted octanol–water partition coefficient (Wildman–Crippen LogP) is 14.5. The van der Waals surface area contributed by atoms with E-state index in [-0.39, 0.29) is 12.5 Å². The molecule has 0 aromatic rings. The molecule has 0 saturated heterocycles. The van der Waals surface area contributed by atoms with E-state index in [0.29, 0.717) is 6.42 Å². The third-order valence-electron chi connectivity index (χ3n) is 10.2. The van der Waals surface area contributed by atoms with Crippen molar-refractivity contribution in [1.82, 2.24) is 5.32 Å². The lowest BCUT2D eigenvalue weighted by molar-refractivity contribution is -0.123. The van der Waals surface area contributed by atoms with Crippen LogP contribution in [0.3, 0.4) is 0 Å². The molecule has 2 unspecified atom stereocenters. The Hall–Kier alpha value is -1.91. The molecule has 4 nitrogen and oxygen atoms in total. The quantitative estimate of drug-likeness (QED) is 0.0432. The molecular formula is C49H89NO3. The number of allylic oxidation sites excluding steroid dienone is 9. The minimum Gasteiger partial charge on any atom is -0.394 e. The van der Waals surface area contributed by atoms with Crippen molar-refractivity contribution >= 4 is 5.91 Å². The molecule has 0 aliphatic carbocycles. The molecule has 0 saturated carbocycles. The Morgan fingerprint density at radius 3 is 1.26 bits per heavy atom. The van der Waals surface area contributed by atoms with Gasteiger partial charge in [-0.1, -0.05) is 209 Å². The molecule has 0 radical (unpaired) electrons. The lowest BCUT2D eigenvalue weighted by atomic mass is 10.0. The van der Waals surface area contributed by atoms with Crippen LogP contribution in [0.2, 0.25) is 0 Å². The highest BCUT2D eigenvalue weighted by atomic mass is 16.3. The van der Waals surface area contributed by atoms with E-state index < -0.39 is 12.1 Å². The van der Waals surface area contributed by atoms with Crippen molar-refractivity contribution in [3.63, 3.8) is 0 Å². The summed E-state index contributed by atoms with van der Waals surface area (Å²) in [5.41, 5.74) is 0. The molecule has 2 atom stereocenters. The molecular weight excluding hydrogens is 651 g/mol. The maximum Gasteiger partial charge on any atom is 0.220 e. The summed E-state index contributed by atoms with van der Waals surface area (Å²) in [6.45, 7) is 4.24. The smallest absolute Gasteiger partial charge is 0.220 e. The van der Waals surface area contributed by atoms with Crippen molar-refractivity contribution in [2.24, 2.45) is 0 Å². The van der Waals surface area contributed by atoms with Gasteiger partial charge in [-0.2, -0.15) is 0 Å². The second-order valence-electron chi connectivity index (χ2n) is 15.4. The fourth-order valence-electron chi connectivity index (χ4n) is 6.64. The van der Waals surface area contributed by atoms with Crippen molar-refractivity contribution in [3.05, 3.63) is 60.8 Å². The average molecular weight is 740 g/mol. The first-order valence-corrected chi connectivity index (χ1v) is 23.0. The molecule has 1 amide bonds. The van der Waals surface area contributed by atoms with Gasteiger partial charge in [-0.25, -0.2) is 0 Å². The van der Waals surface area contributed by atoms with Gasteiger partial charge < -0.3 is 15.5 Å². The Morgan fingerprint density at radius 1 is 0.453 bits per heavy atom. The van der Waals surface area contributed by atoms with Crippen LogP contribution in [0.1, 0.15) is 226 Å². The van der Waals surface area contributed by atoms with Gasteiger partial charge in [0.1, 0.15) is 0 Å². The summed E-state index contributed by atoms with van der Waals surface area (Å²) in [5, 5.41) is 22.9. The van der Waals surface area contributed by atoms with Crippen LogP contribution in [-0.4, -0.2) is 34.9 Å². The third kappa shape index (κ3) is 41.1. The van der Waals surface area contributed by atoms with E-state index in [9.17, 15) is 15.0 Å². The van der Waals surface area contributed by atoms with Crippen LogP contribution in [0, 0.1) is 0 Å². The minimum atomic E-state index is -0.870. The Bertz CT molecular complexity index is 888. The van der Waals surface area contributed by atoms with Gasteiger partial charge in [0.05, 0.1) is 18.8 Å². The fraction of sp³-hybridized carbons (Fsp3) is 0.776. The van der Waals surface area contributed by atoms with Crippen molar-refractivity contribution in [1.29, 1.82) is 0 Å². The summed E-state index contributed by atoms with van der Waals surface area (Å²) in [6.07, 6.45) is 62.0. The molecule has 308 valence electrons. The van der Waals surface area contributed by atoms with Crippen molar-refractivity contribution in [3.8, 4) is 0 Å². The van der Waals surface area contributed by atoms with Gasteiger partial charge in [0.25, 0.3) is 0 Å². The summed E-state index contributed by atoms with van der Waals surface area (Å²) in [4.78, 5) is 12.4. The van der Waals surface area contributed by atoms with Crippen LogP contribution in [0.15, 0.2) is 60.8 Å². The molecule has 53 heavy (non-hydrogen) atoms. The van der Waals surface area contributed by atoms with E-state index >= 15 is 0 Å². The SMILES string of the molecule is CCCC/C=C/CC/C=C/CC/C=C/C(O)C(CO)NC(=O)CCCCCCCCCCCCCCC/C=C\C/C=C\CCCCCCCCCCC. The first-order valence-electron chi connectivity index (χ1n) is 23.0. The summed E-state index contributed by atoms with van der Waals surface area (Å²) in [6, 6.07) is -0.646. The van der Waals surface area contributed by atoms with Crippen LogP contribution in [0.25, 0.3) is 0 Å². The molecule has 4 heteroatoms. The maximum absolute atomic E-state index is 12.4. The first-order chi connectivity index (χ1) is 26.2. The lowest BCUT2D eigenvalue weighted by Gasteiger charge is -2.19. The van der Waals surface area contributed by atoms with Gasteiger partial charge in [0.15, 0.2) is 0 Å².